The van der Waals surface area contributed by atoms with Gasteiger partial charge in [-0.05, 0) is 43.9 Å². The van der Waals surface area contributed by atoms with Crippen LogP contribution in [-0.4, -0.2) is 31.5 Å². The molecule has 2 aromatic rings. The van der Waals surface area contributed by atoms with E-state index < -0.39 is 5.63 Å². The number of methoxy groups -OCH3 is 1. The minimum absolute atomic E-state index is 0.0412. The highest BCUT2D eigenvalue weighted by atomic mass is 16.5. The number of carbonyl (C=O) groups is 2. The van der Waals surface area contributed by atoms with E-state index in [-0.39, 0.29) is 37.2 Å². The first-order valence-electron chi connectivity index (χ1n) is 8.64. The van der Waals surface area contributed by atoms with Gasteiger partial charge in [-0.2, -0.15) is 0 Å². The summed E-state index contributed by atoms with van der Waals surface area (Å²) in [6, 6.07) is 5.56. The molecule has 1 aromatic heterocycles. The number of benzene rings is 1. The summed E-state index contributed by atoms with van der Waals surface area (Å²) in [4.78, 5) is 35.8. The first kappa shape index (κ1) is 18.0. The van der Waals surface area contributed by atoms with Gasteiger partial charge >= 0.3 is 5.63 Å². The van der Waals surface area contributed by atoms with Crippen molar-refractivity contribution in [3.8, 4) is 5.75 Å². The van der Waals surface area contributed by atoms with Gasteiger partial charge in [-0.15, -0.1) is 0 Å². The molecule has 1 aliphatic carbocycles. The number of rotatable bonds is 7. The monoisotopic (exact) mass is 358 g/mol. The molecule has 1 fully saturated rings. The summed E-state index contributed by atoms with van der Waals surface area (Å²) in [5.41, 5.74) is 1.26. The maximum atomic E-state index is 12.3. The second kappa shape index (κ2) is 7.59. The normalized spacial score (nSPS) is 13.5. The van der Waals surface area contributed by atoms with E-state index in [1.807, 2.05) is 13.0 Å². The minimum atomic E-state index is -0.456. The molecule has 1 saturated carbocycles. The van der Waals surface area contributed by atoms with Crippen LogP contribution in [0.3, 0.4) is 0 Å². The van der Waals surface area contributed by atoms with Crippen LogP contribution in [0.2, 0.25) is 0 Å². The smallest absolute Gasteiger partial charge is 0.339 e. The summed E-state index contributed by atoms with van der Waals surface area (Å²) in [5, 5.41) is 6.19. The lowest BCUT2D eigenvalue weighted by Gasteiger charge is -2.09. The maximum absolute atomic E-state index is 12.3. The zero-order chi connectivity index (χ0) is 18.7. The molecular formula is C19H22N2O5. The first-order valence-corrected chi connectivity index (χ1v) is 8.64. The molecule has 0 atom stereocenters. The van der Waals surface area contributed by atoms with Gasteiger partial charge in [0.2, 0.25) is 11.8 Å². The summed E-state index contributed by atoms with van der Waals surface area (Å²) in [6.45, 7) is 1.79. The Kier molecular flexibility index (Phi) is 5.25. The molecule has 7 heteroatoms. The van der Waals surface area contributed by atoms with Gasteiger partial charge in [-0.1, -0.05) is 0 Å². The fourth-order valence-corrected chi connectivity index (χ4v) is 2.80. The van der Waals surface area contributed by atoms with Crippen molar-refractivity contribution in [3.63, 3.8) is 0 Å². The summed E-state index contributed by atoms with van der Waals surface area (Å²) in [5.74, 6) is 0.150. The second-order valence-electron chi connectivity index (χ2n) is 6.47. The topological polar surface area (TPSA) is 97.6 Å². The molecule has 1 aliphatic rings. The van der Waals surface area contributed by atoms with Crippen LogP contribution in [0.4, 0.5) is 0 Å². The Bertz CT molecular complexity index is 899. The molecular weight excluding hydrogens is 336 g/mol. The van der Waals surface area contributed by atoms with E-state index in [2.05, 4.69) is 10.6 Å². The number of hydrogen-bond acceptors (Lipinski definition) is 5. The fourth-order valence-electron chi connectivity index (χ4n) is 2.80. The van der Waals surface area contributed by atoms with E-state index in [1.165, 1.54) is 0 Å². The number of carbonyl (C=O) groups excluding carboxylic acids is 2. The Labute approximate surface area is 150 Å². The zero-order valence-corrected chi connectivity index (χ0v) is 14.9. The largest absolute Gasteiger partial charge is 0.497 e. The van der Waals surface area contributed by atoms with E-state index >= 15 is 0 Å². The average molecular weight is 358 g/mol. The number of ether oxygens (including phenoxy) is 1. The summed E-state index contributed by atoms with van der Waals surface area (Å²) < 4.78 is 10.5. The SMILES string of the molecule is COc1ccc2c(C)c(CCC(=O)NCC(=O)NC3CC3)c(=O)oc2c1. The van der Waals surface area contributed by atoms with Crippen molar-refractivity contribution in [1.82, 2.24) is 10.6 Å². The fraction of sp³-hybridized carbons (Fsp3) is 0.421. The molecule has 0 bridgehead atoms. The van der Waals surface area contributed by atoms with Gasteiger partial charge in [0.1, 0.15) is 11.3 Å². The predicted molar refractivity (Wildman–Crippen MR) is 96.3 cm³/mol. The Balaban J connectivity index is 1.63. The number of nitrogens with one attached hydrogen (secondary N) is 2. The highest BCUT2D eigenvalue weighted by Crippen LogP contribution is 2.24. The van der Waals surface area contributed by atoms with Gasteiger partial charge in [-0.3, -0.25) is 9.59 Å². The minimum Gasteiger partial charge on any atom is -0.497 e. The van der Waals surface area contributed by atoms with Crippen LogP contribution in [0.15, 0.2) is 27.4 Å². The van der Waals surface area contributed by atoms with Crippen LogP contribution in [0.5, 0.6) is 5.75 Å². The van der Waals surface area contributed by atoms with Crippen molar-refractivity contribution in [2.24, 2.45) is 0 Å². The lowest BCUT2D eigenvalue weighted by atomic mass is 10.0. The number of hydrogen-bond donors (Lipinski definition) is 2. The van der Waals surface area contributed by atoms with Crippen LogP contribution in [0, 0.1) is 6.92 Å². The summed E-state index contributed by atoms with van der Waals surface area (Å²) >= 11 is 0. The molecule has 0 aliphatic heterocycles. The molecule has 7 nitrogen and oxygen atoms in total. The Morgan fingerprint density at radius 3 is 2.73 bits per heavy atom. The van der Waals surface area contributed by atoms with E-state index in [1.54, 1.807) is 19.2 Å². The average Bonchev–Trinajstić information content (AvgIpc) is 3.43. The van der Waals surface area contributed by atoms with Crippen LogP contribution in [-0.2, 0) is 16.0 Å². The van der Waals surface area contributed by atoms with Crippen molar-refractivity contribution >= 4 is 22.8 Å². The number of amides is 2. The highest BCUT2D eigenvalue weighted by Gasteiger charge is 2.23. The number of fused-ring (bicyclic) bond motifs is 1. The van der Waals surface area contributed by atoms with E-state index in [4.69, 9.17) is 9.15 Å². The third-order valence-electron chi connectivity index (χ3n) is 4.49. The molecule has 26 heavy (non-hydrogen) atoms. The molecule has 1 heterocycles. The van der Waals surface area contributed by atoms with E-state index in [9.17, 15) is 14.4 Å². The van der Waals surface area contributed by atoms with Gasteiger partial charge in [0.25, 0.3) is 0 Å². The highest BCUT2D eigenvalue weighted by molar-refractivity contribution is 5.85. The van der Waals surface area contributed by atoms with Crippen LogP contribution >= 0.6 is 0 Å². The van der Waals surface area contributed by atoms with Crippen molar-refractivity contribution in [3.05, 3.63) is 39.7 Å². The quantitative estimate of drug-likeness (QED) is 0.730. The van der Waals surface area contributed by atoms with Crippen LogP contribution in [0.1, 0.15) is 30.4 Å². The molecule has 2 amide bonds. The lowest BCUT2D eigenvalue weighted by Crippen LogP contribution is -2.38. The summed E-state index contributed by atoms with van der Waals surface area (Å²) in [7, 11) is 1.55. The van der Waals surface area contributed by atoms with Crippen LogP contribution < -0.4 is 21.0 Å². The maximum Gasteiger partial charge on any atom is 0.339 e. The molecule has 0 radical (unpaired) electrons. The van der Waals surface area contributed by atoms with Crippen molar-refractivity contribution < 1.29 is 18.7 Å². The van der Waals surface area contributed by atoms with Crippen molar-refractivity contribution in [1.29, 1.82) is 0 Å². The van der Waals surface area contributed by atoms with Gasteiger partial charge in [0.05, 0.1) is 13.7 Å². The van der Waals surface area contributed by atoms with Gasteiger partial charge in [-0.25, -0.2) is 4.79 Å². The Hall–Kier alpha value is -2.83. The third-order valence-corrected chi connectivity index (χ3v) is 4.49. The lowest BCUT2D eigenvalue weighted by molar-refractivity contribution is -0.126. The van der Waals surface area contributed by atoms with Crippen LogP contribution in [0.25, 0.3) is 11.0 Å². The van der Waals surface area contributed by atoms with Gasteiger partial charge in [0.15, 0.2) is 0 Å². The van der Waals surface area contributed by atoms with Gasteiger partial charge < -0.3 is 19.8 Å². The number of aryl methyl sites for hydroxylation is 1. The molecule has 0 saturated heterocycles. The molecule has 0 unspecified atom stereocenters. The van der Waals surface area contributed by atoms with Crippen molar-refractivity contribution in [2.75, 3.05) is 13.7 Å². The Morgan fingerprint density at radius 1 is 1.27 bits per heavy atom. The predicted octanol–water partition coefficient (Wildman–Crippen LogP) is 1.44. The first-order chi connectivity index (χ1) is 12.5. The van der Waals surface area contributed by atoms with E-state index in [0.717, 1.165) is 23.8 Å². The van der Waals surface area contributed by atoms with Gasteiger partial charge in [0, 0.05) is 29.5 Å². The molecule has 3 rings (SSSR count). The Morgan fingerprint density at radius 2 is 2.04 bits per heavy atom. The van der Waals surface area contributed by atoms with Crippen molar-refractivity contribution in [2.45, 2.75) is 38.6 Å². The molecule has 0 spiro atoms. The molecule has 1 aromatic carbocycles. The standard InChI is InChI=1S/C19H22N2O5/c1-11-14-6-5-13(25-2)9-16(14)26-19(24)15(11)7-8-17(22)20-10-18(23)21-12-3-4-12/h5-6,9,12H,3-4,7-8,10H2,1-2H3,(H,20,22)(H,21,23). The summed E-state index contributed by atoms with van der Waals surface area (Å²) in [6.07, 6.45) is 2.38. The van der Waals surface area contributed by atoms with E-state index in [0.29, 0.717) is 16.9 Å². The zero-order valence-electron chi connectivity index (χ0n) is 14.9. The second-order valence-corrected chi connectivity index (χ2v) is 6.47. The molecule has 138 valence electrons. The third kappa shape index (κ3) is 4.22. The molecule has 2 N–H and O–H groups in total.